The summed E-state index contributed by atoms with van der Waals surface area (Å²) < 4.78 is 0. The molecule has 0 saturated heterocycles. The third-order valence-corrected chi connectivity index (χ3v) is 1.47. The van der Waals surface area contributed by atoms with Crippen molar-refractivity contribution in [2.75, 3.05) is 0 Å². The second kappa shape index (κ2) is 5.13. The van der Waals surface area contributed by atoms with Crippen LogP contribution in [0.4, 0.5) is 0 Å². The van der Waals surface area contributed by atoms with Crippen molar-refractivity contribution in [1.29, 1.82) is 0 Å². The van der Waals surface area contributed by atoms with E-state index >= 15 is 0 Å². The summed E-state index contributed by atoms with van der Waals surface area (Å²) in [5, 5.41) is 0. The van der Waals surface area contributed by atoms with E-state index in [1.807, 2.05) is 0 Å². The van der Waals surface area contributed by atoms with Gasteiger partial charge in [-0.05, 0) is 5.92 Å². The molecular formula is C7H13N3O3. The third-order valence-electron chi connectivity index (χ3n) is 1.47. The molecule has 13 heavy (non-hydrogen) atoms. The van der Waals surface area contributed by atoms with Crippen LogP contribution in [0.2, 0.25) is 0 Å². The Morgan fingerprint density at radius 3 is 1.15 bits per heavy atom. The molecule has 0 bridgehead atoms. The Labute approximate surface area is 75.4 Å². The molecule has 74 valence electrons. The maximum absolute atomic E-state index is 10.5. The zero-order chi connectivity index (χ0) is 10.4. The molecule has 6 N–H and O–H groups in total. The van der Waals surface area contributed by atoms with Gasteiger partial charge in [-0.2, -0.15) is 0 Å². The molecule has 0 fully saturated rings. The number of carbonyl (C=O) groups is 3. The normalized spacial score (nSPS) is 9.92. The Kier molecular flexibility index (Phi) is 4.50. The highest BCUT2D eigenvalue weighted by atomic mass is 16.2. The standard InChI is InChI=1S/C7H13N3O3/c8-5(11)1-4(2-6(9)12)3-7(10)13/h4H,1-3H2,(H2,8,11)(H2,9,12)(H2,10,13). The molecule has 0 spiro atoms. The first-order chi connectivity index (χ1) is 5.91. The van der Waals surface area contributed by atoms with Crippen molar-refractivity contribution in [1.82, 2.24) is 0 Å². The van der Waals surface area contributed by atoms with Crippen LogP contribution in [0.15, 0.2) is 0 Å². The van der Waals surface area contributed by atoms with Crippen LogP contribution in [-0.2, 0) is 14.4 Å². The Balaban J connectivity index is 4.10. The van der Waals surface area contributed by atoms with Crippen molar-refractivity contribution in [3.05, 3.63) is 0 Å². The molecule has 6 heteroatoms. The average molecular weight is 187 g/mol. The molecule has 0 aromatic heterocycles. The monoisotopic (exact) mass is 187 g/mol. The summed E-state index contributed by atoms with van der Waals surface area (Å²) in [5.41, 5.74) is 14.7. The predicted molar refractivity (Wildman–Crippen MR) is 44.9 cm³/mol. The van der Waals surface area contributed by atoms with E-state index in [1.54, 1.807) is 0 Å². The molecule has 0 aliphatic heterocycles. The largest absolute Gasteiger partial charge is 0.370 e. The van der Waals surface area contributed by atoms with Gasteiger partial charge in [-0.25, -0.2) is 0 Å². The van der Waals surface area contributed by atoms with Gasteiger partial charge in [0.05, 0.1) is 0 Å². The van der Waals surface area contributed by atoms with E-state index in [0.717, 1.165) is 0 Å². The first kappa shape index (κ1) is 11.4. The van der Waals surface area contributed by atoms with E-state index in [1.165, 1.54) is 0 Å². The Morgan fingerprint density at radius 1 is 0.769 bits per heavy atom. The maximum Gasteiger partial charge on any atom is 0.217 e. The molecular weight excluding hydrogens is 174 g/mol. The average Bonchev–Trinajstić information content (AvgIpc) is 1.80. The first-order valence-electron chi connectivity index (χ1n) is 3.76. The molecule has 0 aromatic rings. The molecule has 6 nitrogen and oxygen atoms in total. The molecule has 0 aliphatic carbocycles. The van der Waals surface area contributed by atoms with Gasteiger partial charge in [-0.1, -0.05) is 0 Å². The summed E-state index contributed by atoms with van der Waals surface area (Å²) in [5.74, 6) is -2.19. The molecule has 0 rings (SSSR count). The van der Waals surface area contributed by atoms with Crippen molar-refractivity contribution >= 4 is 17.7 Å². The van der Waals surface area contributed by atoms with Crippen molar-refractivity contribution in [2.45, 2.75) is 19.3 Å². The fraction of sp³-hybridized carbons (Fsp3) is 0.571. The Bertz CT molecular complexity index is 189. The maximum atomic E-state index is 10.5. The van der Waals surface area contributed by atoms with Crippen molar-refractivity contribution in [2.24, 2.45) is 23.1 Å². The van der Waals surface area contributed by atoms with Crippen molar-refractivity contribution in [3.63, 3.8) is 0 Å². The van der Waals surface area contributed by atoms with Gasteiger partial charge in [0.2, 0.25) is 17.7 Å². The van der Waals surface area contributed by atoms with Crippen LogP contribution in [0.1, 0.15) is 19.3 Å². The number of amides is 3. The van der Waals surface area contributed by atoms with Crippen LogP contribution >= 0.6 is 0 Å². The molecule has 3 amide bonds. The predicted octanol–water partition coefficient (Wildman–Crippen LogP) is -1.77. The quantitative estimate of drug-likeness (QED) is 0.454. The van der Waals surface area contributed by atoms with Gasteiger partial charge in [0.25, 0.3) is 0 Å². The van der Waals surface area contributed by atoms with Crippen LogP contribution in [0.5, 0.6) is 0 Å². The third kappa shape index (κ3) is 6.79. The van der Waals surface area contributed by atoms with Crippen LogP contribution in [0.3, 0.4) is 0 Å². The zero-order valence-corrected chi connectivity index (χ0v) is 7.16. The second-order valence-corrected chi connectivity index (χ2v) is 2.88. The summed E-state index contributed by atoms with van der Waals surface area (Å²) in [6.07, 6.45) is -0.149. The number of carbonyl (C=O) groups excluding carboxylic acids is 3. The number of primary amides is 3. The van der Waals surface area contributed by atoms with Gasteiger partial charge in [-0.15, -0.1) is 0 Å². The number of hydrogen-bond acceptors (Lipinski definition) is 3. The van der Waals surface area contributed by atoms with Gasteiger partial charge in [0.15, 0.2) is 0 Å². The minimum Gasteiger partial charge on any atom is -0.370 e. The summed E-state index contributed by atoms with van der Waals surface area (Å²) >= 11 is 0. The van der Waals surface area contributed by atoms with Gasteiger partial charge in [0, 0.05) is 19.3 Å². The fourth-order valence-electron chi connectivity index (χ4n) is 1.07. The number of hydrogen-bond donors (Lipinski definition) is 3. The van der Waals surface area contributed by atoms with E-state index in [4.69, 9.17) is 17.2 Å². The summed E-state index contributed by atoms with van der Waals surface area (Å²) in [6.45, 7) is 0. The van der Waals surface area contributed by atoms with Gasteiger partial charge in [-0.3, -0.25) is 14.4 Å². The SMILES string of the molecule is NC(=O)CC(CC(N)=O)CC(N)=O. The van der Waals surface area contributed by atoms with Crippen LogP contribution in [0, 0.1) is 5.92 Å². The van der Waals surface area contributed by atoms with E-state index in [9.17, 15) is 14.4 Å². The van der Waals surface area contributed by atoms with Gasteiger partial charge in [0.1, 0.15) is 0 Å². The van der Waals surface area contributed by atoms with E-state index in [2.05, 4.69) is 0 Å². The molecule has 0 unspecified atom stereocenters. The van der Waals surface area contributed by atoms with Gasteiger partial charge >= 0.3 is 0 Å². The van der Waals surface area contributed by atoms with Crippen molar-refractivity contribution in [3.8, 4) is 0 Å². The minimum atomic E-state index is -0.576. The fourth-order valence-corrected chi connectivity index (χ4v) is 1.07. The molecule has 0 aliphatic rings. The molecule has 0 atom stereocenters. The summed E-state index contributed by atoms with van der Waals surface area (Å²) in [6, 6.07) is 0. The zero-order valence-electron chi connectivity index (χ0n) is 7.16. The highest BCUT2D eigenvalue weighted by Gasteiger charge is 2.16. The van der Waals surface area contributed by atoms with Gasteiger partial charge < -0.3 is 17.2 Å². The molecule has 0 saturated carbocycles. The van der Waals surface area contributed by atoms with Crippen LogP contribution in [0.25, 0.3) is 0 Å². The first-order valence-corrected chi connectivity index (χ1v) is 3.76. The van der Waals surface area contributed by atoms with E-state index in [0.29, 0.717) is 0 Å². The lowest BCUT2D eigenvalue weighted by Gasteiger charge is -2.09. The molecule has 0 radical (unpaired) electrons. The second-order valence-electron chi connectivity index (χ2n) is 2.88. The Morgan fingerprint density at radius 2 is 1.00 bits per heavy atom. The summed E-state index contributed by atoms with van der Waals surface area (Å²) in [7, 11) is 0. The minimum absolute atomic E-state index is 0.0497. The van der Waals surface area contributed by atoms with Crippen LogP contribution in [-0.4, -0.2) is 17.7 Å². The van der Waals surface area contributed by atoms with Crippen LogP contribution < -0.4 is 17.2 Å². The smallest absolute Gasteiger partial charge is 0.217 e. The van der Waals surface area contributed by atoms with Crippen molar-refractivity contribution < 1.29 is 14.4 Å². The lowest BCUT2D eigenvalue weighted by Crippen LogP contribution is -2.26. The van der Waals surface area contributed by atoms with E-state index < -0.39 is 23.6 Å². The Hall–Kier alpha value is -1.59. The highest BCUT2D eigenvalue weighted by Crippen LogP contribution is 2.11. The number of nitrogens with two attached hydrogens (primary N) is 3. The number of rotatable bonds is 6. The molecule has 0 aromatic carbocycles. The lowest BCUT2D eigenvalue weighted by molar-refractivity contribution is -0.122. The van der Waals surface area contributed by atoms with E-state index in [-0.39, 0.29) is 19.3 Å². The highest BCUT2D eigenvalue weighted by molar-refractivity contribution is 5.80. The molecule has 0 heterocycles. The summed E-state index contributed by atoms with van der Waals surface area (Å²) in [4.78, 5) is 31.5. The topological polar surface area (TPSA) is 129 Å². The lowest BCUT2D eigenvalue weighted by atomic mass is 9.96.